The first-order valence-corrected chi connectivity index (χ1v) is 9.72. The van der Waals surface area contributed by atoms with Gasteiger partial charge < -0.3 is 25.8 Å². The van der Waals surface area contributed by atoms with Gasteiger partial charge in [-0.2, -0.15) is 0 Å². The third-order valence-corrected chi connectivity index (χ3v) is 4.57. The van der Waals surface area contributed by atoms with E-state index in [-0.39, 0.29) is 35.6 Å². The van der Waals surface area contributed by atoms with E-state index < -0.39 is 0 Å². The molecule has 1 unspecified atom stereocenters. The van der Waals surface area contributed by atoms with Crippen molar-refractivity contribution in [2.75, 3.05) is 25.1 Å². The first-order chi connectivity index (χ1) is 13.4. The number of nitrogens with two attached hydrogens (primary N) is 1. The Balaban J connectivity index is 0.00000300. The number of rotatable bonds is 6. The third kappa shape index (κ3) is 7.08. The van der Waals surface area contributed by atoms with Crippen molar-refractivity contribution in [1.29, 1.82) is 0 Å². The molecule has 1 aliphatic rings. The summed E-state index contributed by atoms with van der Waals surface area (Å²) < 4.78 is 11.4. The van der Waals surface area contributed by atoms with E-state index in [4.69, 9.17) is 15.2 Å². The zero-order valence-corrected chi connectivity index (χ0v) is 19.6. The molecule has 158 valence electrons. The number of nitrogens with zero attached hydrogens (tertiary/aromatic N) is 1. The van der Waals surface area contributed by atoms with Gasteiger partial charge in [0.1, 0.15) is 0 Å². The molecule has 0 radical (unpaired) electrons. The largest absolute Gasteiger partial charge is 0.490 e. The molecule has 3 rings (SSSR count). The molecular weight excluding hydrogens is 479 g/mol. The van der Waals surface area contributed by atoms with Gasteiger partial charge in [0.15, 0.2) is 17.5 Å². The molecule has 7 heteroatoms. The second kappa shape index (κ2) is 10.7. The van der Waals surface area contributed by atoms with Gasteiger partial charge in [-0.3, -0.25) is 4.99 Å². The molecular formula is C22H31IN4O2. The van der Waals surface area contributed by atoms with Crippen LogP contribution in [0, 0.1) is 0 Å². The number of hydrogen-bond acceptors (Lipinski definition) is 4. The zero-order valence-electron chi connectivity index (χ0n) is 17.3. The molecule has 6 nitrogen and oxygen atoms in total. The van der Waals surface area contributed by atoms with Crippen LogP contribution in [0.15, 0.2) is 53.5 Å². The normalized spacial score (nSPS) is 15.1. The lowest BCUT2D eigenvalue weighted by Crippen LogP contribution is -2.44. The van der Waals surface area contributed by atoms with Crippen molar-refractivity contribution in [1.82, 2.24) is 5.32 Å². The van der Waals surface area contributed by atoms with Crippen LogP contribution in [-0.4, -0.2) is 31.3 Å². The summed E-state index contributed by atoms with van der Waals surface area (Å²) in [6.45, 7) is 8.27. The molecule has 0 bridgehead atoms. The first-order valence-electron chi connectivity index (χ1n) is 9.72. The average Bonchev–Trinajstić information content (AvgIpc) is 2.92. The highest BCUT2D eigenvalue weighted by Gasteiger charge is 2.20. The van der Waals surface area contributed by atoms with Gasteiger partial charge in [0, 0.05) is 29.8 Å². The number of nitrogens with one attached hydrogen (secondary N) is 2. The molecule has 4 N–H and O–H groups in total. The minimum atomic E-state index is -0.202. The zero-order chi connectivity index (χ0) is 20.0. The molecule has 29 heavy (non-hydrogen) atoms. The van der Waals surface area contributed by atoms with Gasteiger partial charge in [0.05, 0.1) is 19.8 Å². The van der Waals surface area contributed by atoms with E-state index >= 15 is 0 Å². The summed E-state index contributed by atoms with van der Waals surface area (Å²) in [5.74, 6) is 1.87. The summed E-state index contributed by atoms with van der Waals surface area (Å²) in [5, 5.41) is 6.75. The molecule has 0 spiro atoms. The Kier molecular flexibility index (Phi) is 8.58. The van der Waals surface area contributed by atoms with Crippen molar-refractivity contribution >= 4 is 35.6 Å². The Morgan fingerprint density at radius 1 is 1.10 bits per heavy atom. The van der Waals surface area contributed by atoms with Crippen LogP contribution in [0.5, 0.6) is 11.5 Å². The van der Waals surface area contributed by atoms with Crippen LogP contribution in [-0.2, 0) is 0 Å². The maximum Gasteiger partial charge on any atom is 0.193 e. The van der Waals surface area contributed by atoms with E-state index in [2.05, 4.69) is 60.7 Å². The molecule has 1 aliphatic heterocycles. The monoisotopic (exact) mass is 510 g/mol. The number of ether oxygens (including phenoxy) is 2. The van der Waals surface area contributed by atoms with Gasteiger partial charge in [-0.05, 0) is 38.5 Å². The predicted molar refractivity (Wildman–Crippen MR) is 130 cm³/mol. The molecule has 0 saturated carbocycles. The van der Waals surface area contributed by atoms with Crippen molar-refractivity contribution < 1.29 is 9.47 Å². The molecule has 0 saturated heterocycles. The quantitative estimate of drug-likeness (QED) is 0.307. The number of aliphatic imine (C=N–C) groups is 1. The van der Waals surface area contributed by atoms with E-state index in [1.807, 2.05) is 24.3 Å². The molecule has 1 heterocycles. The first kappa shape index (κ1) is 23.3. The number of fused-ring (bicyclic) bond motifs is 1. The molecule has 0 aliphatic carbocycles. The lowest BCUT2D eigenvalue weighted by atomic mass is 10.0. The summed E-state index contributed by atoms with van der Waals surface area (Å²) in [6.07, 6.45) is 0.879. The Hall–Kier alpha value is -2.00. The van der Waals surface area contributed by atoms with Crippen molar-refractivity contribution in [2.45, 2.75) is 38.8 Å². The van der Waals surface area contributed by atoms with E-state index in [0.29, 0.717) is 25.7 Å². The Labute approximate surface area is 190 Å². The van der Waals surface area contributed by atoms with Gasteiger partial charge in [0.2, 0.25) is 0 Å². The van der Waals surface area contributed by atoms with Crippen molar-refractivity contribution in [3.8, 4) is 11.5 Å². The molecule has 2 aromatic carbocycles. The second-order valence-electron chi connectivity index (χ2n) is 7.70. The van der Waals surface area contributed by atoms with E-state index in [0.717, 1.165) is 23.6 Å². The lowest BCUT2D eigenvalue weighted by Gasteiger charge is -2.29. The Morgan fingerprint density at radius 2 is 1.79 bits per heavy atom. The summed E-state index contributed by atoms with van der Waals surface area (Å²) in [4.78, 5) is 4.52. The SMILES string of the molecule is CC(NC(C)(C)CN=C(N)Nc1ccc2c(c1)OCCCO2)c1ccccc1.I. The van der Waals surface area contributed by atoms with Crippen LogP contribution in [0.1, 0.15) is 38.8 Å². The lowest BCUT2D eigenvalue weighted by molar-refractivity contribution is 0.297. The minimum absolute atomic E-state index is 0. The molecule has 0 amide bonds. The average molecular weight is 510 g/mol. The summed E-state index contributed by atoms with van der Waals surface area (Å²) in [6, 6.07) is 16.3. The highest BCUT2D eigenvalue weighted by atomic mass is 127. The molecule has 1 atom stereocenters. The number of anilines is 1. The maximum atomic E-state index is 6.10. The van der Waals surface area contributed by atoms with Crippen molar-refractivity contribution in [3.05, 3.63) is 54.1 Å². The van der Waals surface area contributed by atoms with Crippen LogP contribution >= 0.6 is 24.0 Å². The van der Waals surface area contributed by atoms with Crippen LogP contribution < -0.4 is 25.8 Å². The fraction of sp³-hybridized carbons (Fsp3) is 0.409. The van der Waals surface area contributed by atoms with Gasteiger partial charge in [-0.25, -0.2) is 0 Å². The fourth-order valence-corrected chi connectivity index (χ4v) is 3.17. The third-order valence-electron chi connectivity index (χ3n) is 4.57. The Morgan fingerprint density at radius 3 is 2.52 bits per heavy atom. The van der Waals surface area contributed by atoms with E-state index in [9.17, 15) is 0 Å². The van der Waals surface area contributed by atoms with Crippen LogP contribution in [0.25, 0.3) is 0 Å². The van der Waals surface area contributed by atoms with Gasteiger partial charge in [-0.15, -0.1) is 24.0 Å². The summed E-state index contributed by atoms with van der Waals surface area (Å²) in [7, 11) is 0. The van der Waals surface area contributed by atoms with Crippen LogP contribution in [0.3, 0.4) is 0 Å². The summed E-state index contributed by atoms with van der Waals surface area (Å²) in [5.41, 5.74) is 7.97. The highest BCUT2D eigenvalue weighted by molar-refractivity contribution is 14.0. The highest BCUT2D eigenvalue weighted by Crippen LogP contribution is 2.32. The molecule has 0 aromatic heterocycles. The fourth-order valence-electron chi connectivity index (χ4n) is 3.17. The summed E-state index contributed by atoms with van der Waals surface area (Å²) >= 11 is 0. The number of guanidine groups is 1. The van der Waals surface area contributed by atoms with E-state index in [1.54, 1.807) is 0 Å². The maximum absolute atomic E-state index is 6.10. The van der Waals surface area contributed by atoms with Gasteiger partial charge in [-0.1, -0.05) is 30.3 Å². The standard InChI is InChI=1S/C22H30N4O2.HI/c1-16(17-8-5-4-6-9-17)26-22(2,3)15-24-21(23)25-18-10-11-19-20(14-18)28-13-7-12-27-19;/h4-6,8-11,14,16,26H,7,12-13,15H2,1-3H3,(H3,23,24,25);1H. The van der Waals surface area contributed by atoms with Crippen LogP contribution in [0.2, 0.25) is 0 Å². The molecule has 2 aromatic rings. The molecule has 0 fully saturated rings. The minimum Gasteiger partial charge on any atom is -0.490 e. The van der Waals surface area contributed by atoms with Crippen molar-refractivity contribution in [3.63, 3.8) is 0 Å². The van der Waals surface area contributed by atoms with Gasteiger partial charge >= 0.3 is 0 Å². The topological polar surface area (TPSA) is 80.9 Å². The number of halogens is 1. The predicted octanol–water partition coefficient (Wildman–Crippen LogP) is 4.32. The van der Waals surface area contributed by atoms with Crippen molar-refractivity contribution in [2.24, 2.45) is 10.7 Å². The smallest absolute Gasteiger partial charge is 0.193 e. The van der Waals surface area contributed by atoms with E-state index in [1.165, 1.54) is 5.56 Å². The number of benzene rings is 2. The number of hydrogen-bond donors (Lipinski definition) is 3. The Bertz CT molecular complexity index is 812. The van der Waals surface area contributed by atoms with Gasteiger partial charge in [0.25, 0.3) is 0 Å². The van der Waals surface area contributed by atoms with Crippen LogP contribution in [0.4, 0.5) is 5.69 Å². The second-order valence-corrected chi connectivity index (χ2v) is 7.70.